The van der Waals surface area contributed by atoms with Crippen molar-refractivity contribution < 1.29 is 4.79 Å². The van der Waals surface area contributed by atoms with Crippen LogP contribution in [0.15, 0.2) is 6.07 Å². The lowest BCUT2D eigenvalue weighted by atomic mass is 9.96. The molecule has 26 heavy (non-hydrogen) atoms. The number of halogens is 2. The minimum Gasteiger partial charge on any atom is -0.351 e. The monoisotopic (exact) mass is 438 g/mol. The largest absolute Gasteiger partial charge is 0.351 e. The number of anilines is 1. The molecular formula is C17H28Cl2N4OS2. The van der Waals surface area contributed by atoms with Crippen LogP contribution in [-0.2, 0) is 0 Å². The number of nitrogens with one attached hydrogen (secondary N) is 2. The Morgan fingerprint density at radius 3 is 2.73 bits per heavy atom. The van der Waals surface area contributed by atoms with Crippen molar-refractivity contribution in [2.45, 2.75) is 33.1 Å². The van der Waals surface area contributed by atoms with Crippen molar-refractivity contribution in [1.82, 2.24) is 15.6 Å². The van der Waals surface area contributed by atoms with E-state index in [4.69, 9.17) is 0 Å². The second-order valence-corrected chi connectivity index (χ2v) is 8.25. The zero-order valence-corrected chi connectivity index (χ0v) is 18.5. The molecule has 1 aliphatic rings. The predicted octanol–water partition coefficient (Wildman–Crippen LogP) is 4.17. The second-order valence-electron chi connectivity index (χ2n) is 6.21. The van der Waals surface area contributed by atoms with Gasteiger partial charge in [0.2, 0.25) is 0 Å². The molecule has 2 N–H and O–H groups in total. The Morgan fingerprint density at radius 2 is 2.12 bits per heavy atom. The molecule has 0 spiro atoms. The van der Waals surface area contributed by atoms with E-state index in [9.17, 15) is 4.79 Å². The van der Waals surface area contributed by atoms with Gasteiger partial charge in [0.15, 0.2) is 5.13 Å². The first-order valence-corrected chi connectivity index (χ1v) is 10.5. The fourth-order valence-electron chi connectivity index (χ4n) is 3.11. The van der Waals surface area contributed by atoms with Gasteiger partial charge in [-0.25, -0.2) is 4.98 Å². The van der Waals surface area contributed by atoms with Crippen molar-refractivity contribution in [2.75, 3.05) is 37.6 Å². The molecule has 9 heteroatoms. The Balaban J connectivity index is 0.00000169. The average molecular weight is 439 g/mol. The minimum absolute atomic E-state index is 0. The van der Waals surface area contributed by atoms with Gasteiger partial charge >= 0.3 is 0 Å². The number of aromatic nitrogens is 1. The Bertz CT molecular complexity index is 650. The fraction of sp³-hybridized carbons (Fsp3) is 0.647. The molecule has 2 aromatic heterocycles. The average Bonchev–Trinajstić information content (AvgIpc) is 3.16. The topological polar surface area (TPSA) is 57.3 Å². The van der Waals surface area contributed by atoms with Gasteiger partial charge in [-0.1, -0.05) is 11.3 Å². The van der Waals surface area contributed by atoms with Crippen molar-refractivity contribution in [2.24, 2.45) is 5.92 Å². The molecule has 0 aromatic carbocycles. The van der Waals surface area contributed by atoms with Crippen LogP contribution in [0.5, 0.6) is 0 Å². The molecule has 1 aliphatic heterocycles. The number of fused-ring (bicyclic) bond motifs is 1. The van der Waals surface area contributed by atoms with Gasteiger partial charge < -0.3 is 15.5 Å². The van der Waals surface area contributed by atoms with Crippen molar-refractivity contribution in [3.05, 3.63) is 10.9 Å². The highest BCUT2D eigenvalue weighted by molar-refractivity contribution is 7.29. The van der Waals surface area contributed by atoms with Crippen LogP contribution in [-0.4, -0.2) is 43.6 Å². The van der Waals surface area contributed by atoms with E-state index in [1.807, 2.05) is 6.07 Å². The molecule has 0 bridgehead atoms. The zero-order chi connectivity index (χ0) is 16.9. The summed E-state index contributed by atoms with van der Waals surface area (Å²) in [7, 11) is 0. The third-order valence-corrected chi connectivity index (χ3v) is 6.79. The smallest absolute Gasteiger partial charge is 0.261 e. The van der Waals surface area contributed by atoms with Gasteiger partial charge in [-0.3, -0.25) is 4.79 Å². The minimum atomic E-state index is 0. The lowest BCUT2D eigenvalue weighted by Gasteiger charge is -2.22. The summed E-state index contributed by atoms with van der Waals surface area (Å²) >= 11 is 3.18. The first-order valence-electron chi connectivity index (χ1n) is 8.85. The van der Waals surface area contributed by atoms with E-state index in [-0.39, 0.29) is 30.7 Å². The van der Waals surface area contributed by atoms with Gasteiger partial charge in [0.05, 0.1) is 9.58 Å². The second kappa shape index (κ2) is 11.3. The van der Waals surface area contributed by atoms with Crippen molar-refractivity contribution in [3.8, 4) is 0 Å². The maximum absolute atomic E-state index is 12.3. The third-order valence-electron chi connectivity index (χ3n) is 4.57. The maximum atomic E-state index is 12.3. The Hall–Kier alpha value is -0.600. The van der Waals surface area contributed by atoms with Crippen LogP contribution < -0.4 is 15.5 Å². The van der Waals surface area contributed by atoms with Crippen LogP contribution in [0.1, 0.15) is 42.8 Å². The SMILES string of the molecule is CCN(CC)c1nc2sc(C(=O)NCCC3CCCNC3)cc2s1.Cl.Cl. The Morgan fingerprint density at radius 1 is 1.35 bits per heavy atom. The van der Waals surface area contributed by atoms with Gasteiger partial charge in [0.1, 0.15) is 4.83 Å². The molecule has 3 rings (SSSR count). The van der Waals surface area contributed by atoms with Crippen molar-refractivity contribution >= 4 is 68.1 Å². The lowest BCUT2D eigenvalue weighted by molar-refractivity contribution is 0.0955. The molecule has 1 atom stereocenters. The first kappa shape index (κ1) is 23.4. The normalized spacial score (nSPS) is 16.6. The number of carbonyl (C=O) groups excluding carboxylic acids is 1. The highest BCUT2D eigenvalue weighted by Gasteiger charge is 2.17. The summed E-state index contributed by atoms with van der Waals surface area (Å²) in [5, 5.41) is 7.54. The summed E-state index contributed by atoms with van der Waals surface area (Å²) in [4.78, 5) is 21.0. The van der Waals surface area contributed by atoms with Crippen LogP contribution in [0.25, 0.3) is 9.53 Å². The summed E-state index contributed by atoms with van der Waals surface area (Å²) in [6.45, 7) is 9.18. The molecule has 2 aromatic rings. The quantitative estimate of drug-likeness (QED) is 0.680. The van der Waals surface area contributed by atoms with Gasteiger partial charge in [0, 0.05) is 19.6 Å². The summed E-state index contributed by atoms with van der Waals surface area (Å²) in [5.41, 5.74) is 0. The number of rotatable bonds is 7. The van der Waals surface area contributed by atoms with Crippen molar-refractivity contribution in [1.29, 1.82) is 0 Å². The number of amides is 1. The summed E-state index contributed by atoms with van der Waals surface area (Å²) in [5.74, 6) is 0.738. The summed E-state index contributed by atoms with van der Waals surface area (Å²) in [6.07, 6.45) is 3.58. The lowest BCUT2D eigenvalue weighted by Crippen LogP contribution is -2.33. The molecule has 1 amide bonds. The van der Waals surface area contributed by atoms with Crippen molar-refractivity contribution in [3.63, 3.8) is 0 Å². The number of hydrogen-bond donors (Lipinski definition) is 2. The van der Waals surface area contributed by atoms with Crippen LogP contribution in [0.4, 0.5) is 5.13 Å². The molecule has 148 valence electrons. The molecule has 3 heterocycles. The standard InChI is InChI=1S/C17H26N4OS2.2ClH/c1-3-21(4-2)17-20-16-14(24-17)10-13(23-16)15(22)19-9-7-12-6-5-8-18-11-12;;/h10,12,18H,3-9,11H2,1-2H3,(H,19,22);2*1H. The number of nitrogens with zero attached hydrogens (tertiary/aromatic N) is 2. The van der Waals surface area contributed by atoms with Crippen LogP contribution in [0.3, 0.4) is 0 Å². The molecule has 1 fully saturated rings. The van der Waals surface area contributed by atoms with E-state index in [1.54, 1.807) is 11.3 Å². The van der Waals surface area contributed by atoms with Crippen LogP contribution in [0.2, 0.25) is 0 Å². The number of piperidine rings is 1. The first-order chi connectivity index (χ1) is 11.7. The fourth-order valence-corrected chi connectivity index (χ4v) is 5.37. The molecule has 1 saturated heterocycles. The van der Waals surface area contributed by atoms with Gasteiger partial charge in [0.25, 0.3) is 5.91 Å². The Labute approximate surface area is 175 Å². The van der Waals surface area contributed by atoms with E-state index in [2.05, 4.69) is 34.4 Å². The van der Waals surface area contributed by atoms with Gasteiger partial charge in [-0.2, -0.15) is 0 Å². The molecule has 0 radical (unpaired) electrons. The maximum Gasteiger partial charge on any atom is 0.261 e. The number of thiophene rings is 1. The zero-order valence-electron chi connectivity index (χ0n) is 15.2. The van der Waals surface area contributed by atoms with E-state index in [1.165, 1.54) is 24.2 Å². The Kier molecular flexibility index (Phi) is 10.2. The van der Waals surface area contributed by atoms with E-state index in [0.29, 0.717) is 5.92 Å². The van der Waals surface area contributed by atoms with Gasteiger partial charge in [-0.05, 0) is 58.2 Å². The molecule has 1 unspecified atom stereocenters. The predicted molar refractivity (Wildman–Crippen MR) is 118 cm³/mol. The number of hydrogen-bond acceptors (Lipinski definition) is 6. The highest BCUT2D eigenvalue weighted by Crippen LogP contribution is 2.34. The van der Waals surface area contributed by atoms with Crippen LogP contribution >= 0.6 is 47.5 Å². The number of carbonyl (C=O) groups is 1. The molecular weight excluding hydrogens is 411 g/mol. The van der Waals surface area contributed by atoms with E-state index in [0.717, 1.165) is 58.7 Å². The van der Waals surface area contributed by atoms with E-state index >= 15 is 0 Å². The third kappa shape index (κ3) is 5.70. The molecule has 5 nitrogen and oxygen atoms in total. The highest BCUT2D eigenvalue weighted by atomic mass is 35.5. The molecule has 0 aliphatic carbocycles. The van der Waals surface area contributed by atoms with Gasteiger partial charge in [-0.15, -0.1) is 36.2 Å². The summed E-state index contributed by atoms with van der Waals surface area (Å²) < 4.78 is 1.11. The number of thiazole rings is 1. The van der Waals surface area contributed by atoms with E-state index < -0.39 is 0 Å². The molecule has 0 saturated carbocycles. The summed E-state index contributed by atoms with van der Waals surface area (Å²) in [6, 6.07) is 1.99. The van der Waals surface area contributed by atoms with Crippen LogP contribution in [0, 0.1) is 5.92 Å².